The van der Waals surface area contributed by atoms with E-state index in [2.05, 4.69) is 121 Å². The van der Waals surface area contributed by atoms with Crippen molar-refractivity contribution >= 4 is 55.4 Å². The molecule has 38 heavy (non-hydrogen) atoms. The minimum Gasteiger partial charge on any atom is -0.0664 e. The van der Waals surface area contributed by atoms with E-state index in [1.807, 2.05) is 0 Å². The Labute approximate surface area is 227 Å². The molecule has 0 unspecified atom stereocenters. The van der Waals surface area contributed by atoms with Gasteiger partial charge in [-0.2, -0.15) is 0 Å². The highest BCUT2D eigenvalue weighted by atomic mass is 14.3. The summed E-state index contributed by atoms with van der Waals surface area (Å²) in [6.45, 7) is 16.4. The smallest absolute Gasteiger partial charge is 0.0664 e. The molecule has 0 nitrogen and oxygen atoms in total. The Hall–Kier alpha value is -3.58. The van der Waals surface area contributed by atoms with Crippen LogP contribution in [0, 0.1) is 20.8 Å². The van der Waals surface area contributed by atoms with Crippen molar-refractivity contribution in [3.05, 3.63) is 101 Å². The molecule has 186 valence electrons. The Balaban J connectivity index is 1.77. The van der Waals surface area contributed by atoms with Crippen molar-refractivity contribution < 1.29 is 0 Å². The number of benzene rings is 6. The van der Waals surface area contributed by atoms with Gasteiger partial charge in [-0.25, -0.2) is 0 Å². The van der Waals surface area contributed by atoms with Crippen molar-refractivity contribution in [2.45, 2.75) is 60.3 Å². The van der Waals surface area contributed by atoms with E-state index in [-0.39, 0.29) is 6.71 Å². The van der Waals surface area contributed by atoms with Crippen molar-refractivity contribution in [2.75, 3.05) is 0 Å². The topological polar surface area (TPSA) is 0 Å². The molecule has 7 rings (SSSR count). The van der Waals surface area contributed by atoms with E-state index in [4.69, 9.17) is 0 Å². The summed E-state index contributed by atoms with van der Waals surface area (Å²) in [5.74, 6) is 0.920. The van der Waals surface area contributed by atoms with Gasteiger partial charge in [-0.3, -0.25) is 0 Å². The molecule has 1 aliphatic heterocycles. The quantitative estimate of drug-likeness (QED) is 0.173. The summed E-state index contributed by atoms with van der Waals surface area (Å²) in [5, 5.41) is 8.60. The van der Waals surface area contributed by atoms with Crippen molar-refractivity contribution in [1.29, 1.82) is 0 Å². The molecule has 1 heterocycles. The zero-order chi connectivity index (χ0) is 26.5. The molecular weight excluding hydrogens is 455 g/mol. The van der Waals surface area contributed by atoms with Crippen LogP contribution in [0.4, 0.5) is 0 Å². The lowest BCUT2D eigenvalue weighted by Gasteiger charge is -2.32. The lowest BCUT2D eigenvalue weighted by atomic mass is 9.32. The van der Waals surface area contributed by atoms with Gasteiger partial charge in [-0.05, 0) is 93.2 Å². The van der Waals surface area contributed by atoms with E-state index in [9.17, 15) is 0 Å². The summed E-state index contributed by atoms with van der Waals surface area (Å²) in [4.78, 5) is 0. The summed E-state index contributed by atoms with van der Waals surface area (Å²) in [7, 11) is 0. The summed E-state index contributed by atoms with van der Waals surface area (Å²) in [6, 6.07) is 28.5. The van der Waals surface area contributed by atoms with Gasteiger partial charge in [0.05, 0.1) is 0 Å². The summed E-state index contributed by atoms with van der Waals surface area (Å²) < 4.78 is 0. The van der Waals surface area contributed by atoms with Crippen LogP contribution in [0.2, 0.25) is 0 Å². The number of hydrogen-bond acceptors (Lipinski definition) is 0. The van der Waals surface area contributed by atoms with E-state index >= 15 is 0 Å². The number of aryl methyl sites for hydroxylation is 3. The highest BCUT2D eigenvalue weighted by molar-refractivity contribution is 6.99. The van der Waals surface area contributed by atoms with Crippen molar-refractivity contribution in [1.82, 2.24) is 0 Å². The molecule has 0 radical (unpaired) electrons. The Morgan fingerprint density at radius 1 is 0.553 bits per heavy atom. The van der Waals surface area contributed by atoms with E-state index in [1.54, 1.807) is 0 Å². The van der Waals surface area contributed by atoms with Crippen LogP contribution in [0.5, 0.6) is 0 Å². The zero-order valence-corrected chi connectivity index (χ0v) is 23.7. The molecule has 6 aromatic rings. The van der Waals surface area contributed by atoms with E-state index in [1.165, 1.54) is 87.6 Å². The second kappa shape index (κ2) is 8.21. The highest BCUT2D eigenvalue weighted by Crippen LogP contribution is 2.44. The third-order valence-electron chi connectivity index (χ3n) is 9.12. The third-order valence-corrected chi connectivity index (χ3v) is 9.12. The van der Waals surface area contributed by atoms with Gasteiger partial charge in [0.1, 0.15) is 0 Å². The first-order valence-electron chi connectivity index (χ1n) is 14.2. The molecule has 6 aromatic carbocycles. The van der Waals surface area contributed by atoms with Gasteiger partial charge in [-0.1, -0.05) is 128 Å². The van der Waals surface area contributed by atoms with Gasteiger partial charge in [0.25, 0.3) is 0 Å². The van der Waals surface area contributed by atoms with Gasteiger partial charge >= 0.3 is 0 Å². The van der Waals surface area contributed by atoms with Crippen LogP contribution in [0.3, 0.4) is 0 Å². The Bertz CT molecular complexity index is 1880. The molecule has 0 aromatic heterocycles. The van der Waals surface area contributed by atoms with Gasteiger partial charge < -0.3 is 0 Å². The second-order valence-corrected chi connectivity index (χ2v) is 12.3. The number of rotatable bonds is 3. The molecule has 0 N–H and O–H groups in total. The van der Waals surface area contributed by atoms with Gasteiger partial charge in [0, 0.05) is 0 Å². The fourth-order valence-electron chi connectivity index (χ4n) is 7.63. The highest BCUT2D eigenvalue weighted by Gasteiger charge is 2.35. The maximum atomic E-state index is 2.58. The monoisotopic (exact) mass is 490 g/mol. The normalized spacial score (nSPS) is 13.0. The van der Waals surface area contributed by atoms with Crippen LogP contribution in [-0.4, -0.2) is 6.71 Å². The van der Waals surface area contributed by atoms with E-state index in [0.717, 1.165) is 0 Å². The lowest BCUT2D eigenvalue weighted by molar-refractivity contribution is 0.876. The van der Waals surface area contributed by atoms with Crippen LogP contribution < -0.4 is 16.4 Å². The SMILES string of the molecule is Cc1cc(C)c(B2c3ccccc3-c3cc(C(C)C)c4ccc5ccc(C(C)C)c6cc2c3c4c56)c(C)c1. The van der Waals surface area contributed by atoms with Crippen molar-refractivity contribution in [2.24, 2.45) is 0 Å². The molecule has 0 saturated heterocycles. The van der Waals surface area contributed by atoms with Crippen LogP contribution in [-0.2, 0) is 0 Å². The van der Waals surface area contributed by atoms with E-state index in [0.29, 0.717) is 11.8 Å². The minimum absolute atomic E-state index is 0.219. The Morgan fingerprint density at radius 3 is 1.95 bits per heavy atom. The van der Waals surface area contributed by atoms with Crippen molar-refractivity contribution in [3.8, 4) is 11.1 Å². The van der Waals surface area contributed by atoms with Gasteiger partial charge in [-0.15, -0.1) is 0 Å². The first kappa shape index (κ1) is 23.5. The molecule has 1 aliphatic rings. The molecule has 0 amide bonds. The van der Waals surface area contributed by atoms with Crippen LogP contribution in [0.15, 0.2) is 72.8 Å². The minimum atomic E-state index is 0.219. The molecule has 0 spiro atoms. The van der Waals surface area contributed by atoms with Crippen LogP contribution >= 0.6 is 0 Å². The molecule has 0 atom stereocenters. The summed E-state index contributed by atoms with van der Waals surface area (Å²) in [6.07, 6.45) is 0. The standard InChI is InChI=1S/C37H35B/c1-20(2)26-14-12-25-13-15-28-29(21(3)4)18-30-27-10-8-9-11-32(27)38(37-23(6)16-22(5)17-24(37)7)33-19-31(26)34(25)36(28)35(30)33/h8-21H,1-7H3. The number of hydrogen-bond donors (Lipinski definition) is 0. The fraction of sp³-hybridized carbons (Fsp3) is 0.243. The van der Waals surface area contributed by atoms with Crippen LogP contribution in [0.25, 0.3) is 43.4 Å². The summed E-state index contributed by atoms with van der Waals surface area (Å²) in [5.41, 5.74) is 14.2. The van der Waals surface area contributed by atoms with Crippen molar-refractivity contribution in [3.63, 3.8) is 0 Å². The maximum absolute atomic E-state index is 2.58. The largest absolute Gasteiger partial charge is 0.243 e. The average molecular weight is 490 g/mol. The molecule has 0 fully saturated rings. The van der Waals surface area contributed by atoms with Gasteiger partial charge in [0.15, 0.2) is 0 Å². The average Bonchev–Trinajstić information content (AvgIpc) is 2.88. The molecule has 0 bridgehead atoms. The van der Waals surface area contributed by atoms with E-state index < -0.39 is 0 Å². The van der Waals surface area contributed by atoms with Gasteiger partial charge in [0.2, 0.25) is 6.71 Å². The Morgan fingerprint density at radius 2 is 1.24 bits per heavy atom. The number of fused-ring (bicyclic) bond motifs is 2. The zero-order valence-electron chi connectivity index (χ0n) is 23.7. The molecule has 0 aliphatic carbocycles. The third kappa shape index (κ3) is 3.11. The predicted octanol–water partition coefficient (Wildman–Crippen LogP) is 8.25. The lowest BCUT2D eigenvalue weighted by Crippen LogP contribution is -2.56. The molecule has 0 saturated carbocycles. The Kier molecular flexibility index (Phi) is 5.08. The molecular formula is C37H35B. The predicted molar refractivity (Wildman–Crippen MR) is 169 cm³/mol. The summed E-state index contributed by atoms with van der Waals surface area (Å²) >= 11 is 0. The first-order chi connectivity index (χ1) is 18.3. The molecule has 1 heteroatoms. The van der Waals surface area contributed by atoms with Crippen LogP contribution in [0.1, 0.15) is 67.3 Å². The second-order valence-electron chi connectivity index (χ2n) is 12.3. The fourth-order valence-corrected chi connectivity index (χ4v) is 7.63. The first-order valence-corrected chi connectivity index (χ1v) is 14.2. The maximum Gasteiger partial charge on any atom is 0.243 e.